The number of rotatable bonds is 22. The number of aliphatic hydroxyl groups is 6. The minimum Gasteiger partial charge on any atom is -0.394 e. The number of benzene rings is 1. The largest absolute Gasteiger partial charge is 0.394 e. The summed E-state index contributed by atoms with van der Waals surface area (Å²) in [5.41, 5.74) is 2.86. The molecule has 1 aromatic carbocycles. The van der Waals surface area contributed by atoms with E-state index in [0.717, 1.165) is 42.4 Å². The molecule has 10 nitrogen and oxygen atoms in total. The molecule has 2 unspecified atom stereocenters. The summed E-state index contributed by atoms with van der Waals surface area (Å²) < 4.78 is 11.1. The van der Waals surface area contributed by atoms with Crippen molar-refractivity contribution in [3.8, 4) is 0 Å². The molecule has 254 valence electrons. The highest BCUT2D eigenvalue weighted by Crippen LogP contribution is 2.23. The van der Waals surface area contributed by atoms with Crippen LogP contribution in [0.3, 0.4) is 0 Å². The van der Waals surface area contributed by atoms with E-state index in [2.05, 4.69) is 12.2 Å². The fraction of sp³-hybridized carbons (Fsp3) is 0.794. The van der Waals surface area contributed by atoms with Crippen LogP contribution in [-0.4, -0.2) is 98.7 Å². The second-order valence-corrected chi connectivity index (χ2v) is 12.5. The molecule has 1 amide bonds. The molecule has 44 heavy (non-hydrogen) atoms. The van der Waals surface area contributed by atoms with Gasteiger partial charge in [0.05, 0.1) is 31.8 Å². The lowest BCUT2D eigenvalue weighted by atomic mass is 9.98. The van der Waals surface area contributed by atoms with Crippen LogP contribution in [0.4, 0.5) is 0 Å². The van der Waals surface area contributed by atoms with Crippen molar-refractivity contribution >= 4 is 5.91 Å². The van der Waals surface area contributed by atoms with Gasteiger partial charge in [-0.2, -0.15) is 0 Å². The first-order valence-corrected chi connectivity index (χ1v) is 16.7. The van der Waals surface area contributed by atoms with Gasteiger partial charge in [-0.15, -0.1) is 0 Å². The van der Waals surface area contributed by atoms with E-state index in [1.165, 1.54) is 51.4 Å². The van der Waals surface area contributed by atoms with Gasteiger partial charge in [0, 0.05) is 0 Å². The Morgan fingerprint density at radius 3 is 2.05 bits per heavy atom. The quantitative estimate of drug-likeness (QED) is 0.0958. The smallest absolute Gasteiger partial charge is 0.224 e. The van der Waals surface area contributed by atoms with E-state index >= 15 is 0 Å². The van der Waals surface area contributed by atoms with Crippen molar-refractivity contribution in [3.05, 3.63) is 34.9 Å². The van der Waals surface area contributed by atoms with Gasteiger partial charge in [-0.05, 0) is 31.4 Å². The molecule has 2 rings (SSSR count). The molecule has 0 radical (unpaired) electrons. The number of carbonyl (C=O) groups is 1. The highest BCUT2D eigenvalue weighted by molar-refractivity contribution is 5.79. The molecule has 0 saturated carbocycles. The molecule has 0 bridgehead atoms. The molecule has 1 aliphatic heterocycles. The standard InChI is InChI=1S/C34H59NO9/c1-4-5-6-7-8-9-10-11-12-13-14-15-16-27(37)30(39)26(35-29(38)20-25-18-17-23(2)19-24(25)3)22-43-34-33(42)32(41)31(40)28(21-36)44-34/h17-19,26-28,30-34,36-37,39-42H,4-16,20-22H2,1-3H3,(H,35,38)/t26-,27+,28?,30-,31-,32-,33?,34-/m0/s1. The van der Waals surface area contributed by atoms with E-state index in [9.17, 15) is 35.4 Å². The third-order valence-corrected chi connectivity index (χ3v) is 8.64. The van der Waals surface area contributed by atoms with Gasteiger partial charge in [-0.3, -0.25) is 4.79 Å². The maximum Gasteiger partial charge on any atom is 0.224 e. The Hall–Kier alpha value is -1.63. The third-order valence-electron chi connectivity index (χ3n) is 8.64. The van der Waals surface area contributed by atoms with Crippen LogP contribution in [-0.2, 0) is 20.7 Å². The molecule has 0 aromatic heterocycles. The maximum atomic E-state index is 13.0. The summed E-state index contributed by atoms with van der Waals surface area (Å²) in [5.74, 6) is -0.379. The van der Waals surface area contributed by atoms with Crippen LogP contribution in [0.1, 0.15) is 107 Å². The number of unbranched alkanes of at least 4 members (excludes halogenated alkanes) is 11. The van der Waals surface area contributed by atoms with Crippen molar-refractivity contribution in [1.82, 2.24) is 5.32 Å². The number of carbonyl (C=O) groups excluding carboxylic acids is 1. The maximum absolute atomic E-state index is 13.0. The zero-order valence-corrected chi connectivity index (χ0v) is 27.1. The molecule has 1 saturated heterocycles. The summed E-state index contributed by atoms with van der Waals surface area (Å²) in [5, 5.41) is 64.6. The minimum absolute atomic E-state index is 0.0597. The number of aryl methyl sites for hydroxylation is 2. The van der Waals surface area contributed by atoms with Crippen LogP contribution in [0.25, 0.3) is 0 Å². The number of amides is 1. The Morgan fingerprint density at radius 1 is 0.886 bits per heavy atom. The monoisotopic (exact) mass is 625 g/mol. The first-order chi connectivity index (χ1) is 21.1. The Labute approximate surface area is 263 Å². The Morgan fingerprint density at radius 2 is 1.48 bits per heavy atom. The van der Waals surface area contributed by atoms with E-state index in [-0.39, 0.29) is 18.9 Å². The molecule has 0 spiro atoms. The van der Waals surface area contributed by atoms with Gasteiger partial charge in [-0.1, -0.05) is 108 Å². The van der Waals surface area contributed by atoms with Crippen LogP contribution in [0.2, 0.25) is 0 Å². The number of hydrogen-bond donors (Lipinski definition) is 7. The first kappa shape index (κ1) is 38.6. The average Bonchev–Trinajstić information content (AvgIpc) is 3.00. The summed E-state index contributed by atoms with van der Waals surface area (Å²) in [6.45, 7) is 5.16. The van der Waals surface area contributed by atoms with Crippen molar-refractivity contribution in [2.24, 2.45) is 0 Å². The molecular weight excluding hydrogens is 566 g/mol. The van der Waals surface area contributed by atoms with Gasteiger partial charge in [0.15, 0.2) is 6.29 Å². The third kappa shape index (κ3) is 13.4. The summed E-state index contributed by atoms with van der Waals surface area (Å²) >= 11 is 0. The molecule has 1 fully saturated rings. The summed E-state index contributed by atoms with van der Waals surface area (Å²) in [7, 11) is 0. The summed E-state index contributed by atoms with van der Waals surface area (Å²) in [4.78, 5) is 13.0. The van der Waals surface area contributed by atoms with Crippen LogP contribution < -0.4 is 5.32 Å². The molecule has 8 atom stereocenters. The molecule has 7 N–H and O–H groups in total. The molecule has 1 heterocycles. The van der Waals surface area contributed by atoms with E-state index in [1.54, 1.807) is 0 Å². The van der Waals surface area contributed by atoms with Crippen LogP contribution in [0.5, 0.6) is 0 Å². The topological polar surface area (TPSA) is 169 Å². The van der Waals surface area contributed by atoms with E-state index in [4.69, 9.17) is 9.47 Å². The van der Waals surface area contributed by atoms with E-state index in [1.807, 2.05) is 32.0 Å². The normalized spacial score (nSPS) is 24.2. The first-order valence-electron chi connectivity index (χ1n) is 16.7. The zero-order valence-electron chi connectivity index (χ0n) is 27.1. The second-order valence-electron chi connectivity index (χ2n) is 12.5. The molecular formula is C34H59NO9. The Balaban J connectivity index is 1.88. The zero-order chi connectivity index (χ0) is 32.5. The lowest BCUT2D eigenvalue weighted by Crippen LogP contribution is -2.60. The average molecular weight is 626 g/mol. The number of aliphatic hydroxyl groups excluding tert-OH is 6. The lowest BCUT2D eigenvalue weighted by Gasteiger charge is -2.40. The van der Waals surface area contributed by atoms with E-state index < -0.39 is 55.6 Å². The highest BCUT2D eigenvalue weighted by atomic mass is 16.7. The molecule has 10 heteroatoms. The predicted molar refractivity (Wildman–Crippen MR) is 169 cm³/mol. The van der Waals surface area contributed by atoms with Crippen LogP contribution in [0.15, 0.2) is 18.2 Å². The van der Waals surface area contributed by atoms with Crippen molar-refractivity contribution in [2.75, 3.05) is 13.2 Å². The molecule has 1 aromatic rings. The van der Waals surface area contributed by atoms with Crippen molar-refractivity contribution in [1.29, 1.82) is 0 Å². The van der Waals surface area contributed by atoms with Gasteiger partial charge >= 0.3 is 0 Å². The fourth-order valence-corrected chi connectivity index (χ4v) is 5.74. The number of ether oxygens (including phenoxy) is 2. The second kappa shape index (κ2) is 21.2. The van der Waals surface area contributed by atoms with Gasteiger partial charge in [0.2, 0.25) is 5.91 Å². The Kier molecular flexibility index (Phi) is 18.6. The summed E-state index contributed by atoms with van der Waals surface area (Å²) in [6.07, 6.45) is 4.76. The lowest BCUT2D eigenvalue weighted by molar-refractivity contribution is -0.303. The number of nitrogens with one attached hydrogen (secondary N) is 1. The van der Waals surface area contributed by atoms with Gasteiger partial charge in [0.25, 0.3) is 0 Å². The number of hydrogen-bond acceptors (Lipinski definition) is 9. The fourth-order valence-electron chi connectivity index (χ4n) is 5.74. The summed E-state index contributed by atoms with van der Waals surface area (Å²) in [6, 6.07) is 4.73. The van der Waals surface area contributed by atoms with E-state index in [0.29, 0.717) is 6.42 Å². The van der Waals surface area contributed by atoms with Gasteiger partial charge < -0.3 is 45.4 Å². The minimum atomic E-state index is -1.62. The highest BCUT2D eigenvalue weighted by Gasteiger charge is 2.44. The SMILES string of the molecule is CCCCCCCCCCCCCC[C@@H](O)[C@@H](O)[C@H](CO[C@H]1OC(CO)[C@H](O)[C@H](O)C1O)NC(=O)Cc1ccc(C)cc1C. The van der Waals surface area contributed by atoms with Crippen molar-refractivity contribution in [2.45, 2.75) is 160 Å². The van der Waals surface area contributed by atoms with Crippen molar-refractivity contribution < 1.29 is 44.9 Å². The van der Waals surface area contributed by atoms with Crippen LogP contribution in [0, 0.1) is 13.8 Å². The predicted octanol–water partition coefficient (Wildman–Crippen LogP) is 2.96. The Bertz CT molecular complexity index is 930. The van der Waals surface area contributed by atoms with Crippen LogP contribution >= 0.6 is 0 Å². The molecule has 1 aliphatic rings. The molecule has 0 aliphatic carbocycles. The van der Waals surface area contributed by atoms with Gasteiger partial charge in [-0.25, -0.2) is 0 Å². The van der Waals surface area contributed by atoms with Crippen molar-refractivity contribution in [3.63, 3.8) is 0 Å². The van der Waals surface area contributed by atoms with Gasteiger partial charge in [0.1, 0.15) is 30.5 Å².